The van der Waals surface area contributed by atoms with Gasteiger partial charge in [-0.05, 0) is 25.5 Å². The summed E-state index contributed by atoms with van der Waals surface area (Å²) in [5.74, 6) is 0. The lowest BCUT2D eigenvalue weighted by atomic mass is 10.2. The highest BCUT2D eigenvalue weighted by molar-refractivity contribution is 6.07. The van der Waals surface area contributed by atoms with Gasteiger partial charge in [0.1, 0.15) is 0 Å². The van der Waals surface area contributed by atoms with Crippen LogP contribution in [0, 0.1) is 0 Å². The number of nitrogens with one attached hydrogen (secondary N) is 1. The number of fused-ring (bicyclic) bond motifs is 3. The van der Waals surface area contributed by atoms with Crippen LogP contribution < -0.4 is 5.32 Å². The van der Waals surface area contributed by atoms with Gasteiger partial charge in [-0.2, -0.15) is 0 Å². The Bertz CT molecular complexity index is 658. The van der Waals surface area contributed by atoms with Crippen molar-refractivity contribution in [2.75, 3.05) is 6.54 Å². The maximum absolute atomic E-state index is 3.58. The predicted octanol–water partition coefficient (Wildman–Crippen LogP) is 4.18. The number of hydrogen-bond acceptors (Lipinski definition) is 1. The first-order valence-electron chi connectivity index (χ1n) is 7.50. The third-order valence-corrected chi connectivity index (χ3v) is 4.12. The van der Waals surface area contributed by atoms with Crippen molar-refractivity contribution in [1.29, 1.82) is 0 Å². The average Bonchev–Trinajstić information content (AvgIpc) is 2.82. The molecule has 0 fully saturated rings. The predicted molar refractivity (Wildman–Crippen MR) is 87.2 cm³/mol. The van der Waals surface area contributed by atoms with E-state index in [2.05, 4.69) is 72.3 Å². The number of aromatic nitrogens is 1. The van der Waals surface area contributed by atoms with Crippen molar-refractivity contribution in [2.45, 2.75) is 32.9 Å². The van der Waals surface area contributed by atoms with Gasteiger partial charge < -0.3 is 9.88 Å². The van der Waals surface area contributed by atoms with Gasteiger partial charge in [-0.3, -0.25) is 0 Å². The summed E-state index contributed by atoms with van der Waals surface area (Å²) < 4.78 is 2.43. The fraction of sp³-hybridized carbons (Fsp3) is 0.333. The van der Waals surface area contributed by atoms with E-state index in [1.54, 1.807) is 0 Å². The van der Waals surface area contributed by atoms with E-state index in [1.807, 2.05) is 0 Å². The molecular weight excluding hydrogens is 244 g/mol. The van der Waals surface area contributed by atoms with Crippen LogP contribution in [0.25, 0.3) is 21.8 Å². The second-order valence-electron chi connectivity index (χ2n) is 5.45. The van der Waals surface area contributed by atoms with E-state index >= 15 is 0 Å². The average molecular weight is 266 g/mol. The van der Waals surface area contributed by atoms with Crippen LogP contribution in [0.1, 0.15) is 20.3 Å². The zero-order chi connectivity index (χ0) is 13.9. The van der Waals surface area contributed by atoms with Gasteiger partial charge >= 0.3 is 0 Å². The molecule has 0 aliphatic carbocycles. The lowest BCUT2D eigenvalue weighted by molar-refractivity contribution is 0.512. The van der Waals surface area contributed by atoms with Crippen LogP contribution in [0.3, 0.4) is 0 Å². The van der Waals surface area contributed by atoms with E-state index < -0.39 is 0 Å². The summed E-state index contributed by atoms with van der Waals surface area (Å²) in [5.41, 5.74) is 2.67. The highest BCUT2D eigenvalue weighted by Crippen LogP contribution is 2.28. The highest BCUT2D eigenvalue weighted by Gasteiger charge is 2.09. The monoisotopic (exact) mass is 266 g/mol. The zero-order valence-electron chi connectivity index (χ0n) is 12.3. The molecule has 0 saturated heterocycles. The topological polar surface area (TPSA) is 17.0 Å². The molecule has 0 radical (unpaired) electrons. The molecule has 3 rings (SSSR count). The van der Waals surface area contributed by atoms with Crippen LogP contribution in [0.2, 0.25) is 0 Å². The maximum Gasteiger partial charge on any atom is 0.0491 e. The second kappa shape index (κ2) is 5.68. The molecule has 1 atom stereocenters. The first kappa shape index (κ1) is 13.2. The van der Waals surface area contributed by atoms with Crippen molar-refractivity contribution in [3.63, 3.8) is 0 Å². The van der Waals surface area contributed by atoms with Gasteiger partial charge in [-0.25, -0.2) is 0 Å². The van der Waals surface area contributed by atoms with Crippen molar-refractivity contribution in [1.82, 2.24) is 9.88 Å². The van der Waals surface area contributed by atoms with Crippen molar-refractivity contribution >= 4 is 21.8 Å². The minimum absolute atomic E-state index is 0.586. The quantitative estimate of drug-likeness (QED) is 0.733. The van der Waals surface area contributed by atoms with Crippen LogP contribution in [0.4, 0.5) is 0 Å². The maximum atomic E-state index is 3.58. The number of nitrogens with zero attached hydrogens (tertiary/aromatic N) is 1. The summed E-state index contributed by atoms with van der Waals surface area (Å²) in [4.78, 5) is 0. The molecule has 1 heterocycles. The Kier molecular flexibility index (Phi) is 3.75. The minimum Gasteiger partial charge on any atom is -0.339 e. The Morgan fingerprint density at radius 2 is 1.50 bits per heavy atom. The largest absolute Gasteiger partial charge is 0.339 e. The van der Waals surface area contributed by atoms with Crippen LogP contribution >= 0.6 is 0 Å². The summed E-state index contributed by atoms with van der Waals surface area (Å²) in [7, 11) is 0. The highest BCUT2D eigenvalue weighted by atomic mass is 15.0. The lowest BCUT2D eigenvalue weighted by Crippen LogP contribution is -2.28. The van der Waals surface area contributed by atoms with Crippen LogP contribution in [0.15, 0.2) is 48.5 Å². The number of benzene rings is 2. The molecule has 0 spiro atoms. The summed E-state index contributed by atoms with van der Waals surface area (Å²) in [6.45, 7) is 6.49. The molecule has 20 heavy (non-hydrogen) atoms. The molecule has 1 N–H and O–H groups in total. The third-order valence-electron chi connectivity index (χ3n) is 4.12. The summed E-state index contributed by atoms with van der Waals surface area (Å²) in [5, 5.41) is 6.29. The number of rotatable bonds is 5. The van der Waals surface area contributed by atoms with Gasteiger partial charge in [-0.15, -0.1) is 0 Å². The normalized spacial score (nSPS) is 13.1. The number of para-hydroxylation sites is 2. The fourth-order valence-electron chi connectivity index (χ4n) is 2.81. The standard InChI is InChI=1S/C18H22N2/c1-3-14(2)19-12-13-20-17-10-6-4-8-15(17)16-9-5-7-11-18(16)20/h4-11,14,19H,3,12-13H2,1-2H3. The van der Waals surface area contributed by atoms with E-state index in [0.29, 0.717) is 6.04 Å². The van der Waals surface area contributed by atoms with Crippen LogP contribution in [0.5, 0.6) is 0 Å². The summed E-state index contributed by atoms with van der Waals surface area (Å²) >= 11 is 0. The van der Waals surface area contributed by atoms with E-state index in [1.165, 1.54) is 28.2 Å². The molecule has 2 nitrogen and oxygen atoms in total. The van der Waals surface area contributed by atoms with Crippen molar-refractivity contribution in [3.05, 3.63) is 48.5 Å². The molecule has 2 heteroatoms. The zero-order valence-corrected chi connectivity index (χ0v) is 12.3. The first-order valence-corrected chi connectivity index (χ1v) is 7.50. The Morgan fingerprint density at radius 3 is 2.05 bits per heavy atom. The first-order chi connectivity index (χ1) is 9.81. The van der Waals surface area contributed by atoms with Gasteiger partial charge in [0.05, 0.1) is 0 Å². The summed E-state index contributed by atoms with van der Waals surface area (Å²) in [6, 6.07) is 18.0. The molecule has 1 aromatic heterocycles. The van der Waals surface area contributed by atoms with Crippen LogP contribution in [-0.4, -0.2) is 17.2 Å². The van der Waals surface area contributed by atoms with E-state index in [0.717, 1.165) is 13.1 Å². The van der Waals surface area contributed by atoms with Gasteiger partial charge in [0.15, 0.2) is 0 Å². The molecule has 0 bridgehead atoms. The summed E-state index contributed by atoms with van der Waals surface area (Å²) in [6.07, 6.45) is 1.17. The van der Waals surface area contributed by atoms with E-state index in [4.69, 9.17) is 0 Å². The molecule has 104 valence electrons. The molecule has 0 saturated carbocycles. The SMILES string of the molecule is CCC(C)NCCn1c2ccccc2c2ccccc21. The third kappa shape index (κ3) is 2.32. The fourth-order valence-corrected chi connectivity index (χ4v) is 2.81. The van der Waals surface area contributed by atoms with Gasteiger partial charge in [0.2, 0.25) is 0 Å². The molecule has 0 aliphatic heterocycles. The van der Waals surface area contributed by atoms with Gasteiger partial charge in [-0.1, -0.05) is 43.3 Å². The molecule has 3 aromatic rings. The minimum atomic E-state index is 0.586. The molecule has 1 unspecified atom stereocenters. The Labute approximate surface area is 120 Å². The lowest BCUT2D eigenvalue weighted by Gasteiger charge is -2.13. The smallest absolute Gasteiger partial charge is 0.0491 e. The van der Waals surface area contributed by atoms with Crippen molar-refractivity contribution in [3.8, 4) is 0 Å². The van der Waals surface area contributed by atoms with Gasteiger partial charge in [0, 0.05) is 40.9 Å². The Hall–Kier alpha value is -1.80. The van der Waals surface area contributed by atoms with E-state index in [-0.39, 0.29) is 0 Å². The Morgan fingerprint density at radius 1 is 0.950 bits per heavy atom. The number of hydrogen-bond donors (Lipinski definition) is 1. The van der Waals surface area contributed by atoms with Crippen molar-refractivity contribution < 1.29 is 0 Å². The molecule has 0 amide bonds. The van der Waals surface area contributed by atoms with Crippen molar-refractivity contribution in [2.24, 2.45) is 0 Å². The molecule has 0 aliphatic rings. The molecular formula is C18H22N2. The van der Waals surface area contributed by atoms with Crippen LogP contribution in [-0.2, 0) is 6.54 Å². The van der Waals surface area contributed by atoms with Gasteiger partial charge in [0.25, 0.3) is 0 Å². The van der Waals surface area contributed by atoms with E-state index in [9.17, 15) is 0 Å². The second-order valence-corrected chi connectivity index (χ2v) is 5.45. The Balaban J connectivity index is 1.99. The molecule has 2 aromatic carbocycles.